The van der Waals surface area contributed by atoms with Gasteiger partial charge < -0.3 is 9.47 Å². The number of piperidine rings is 1. The number of fused-ring (bicyclic) bond motifs is 1. The van der Waals surface area contributed by atoms with Crippen molar-refractivity contribution in [1.29, 1.82) is 0 Å². The number of benzene rings is 1. The molecular formula is C15H18Cl2FN3. The Bertz CT molecular complexity index is 656. The second kappa shape index (κ2) is 6.11. The molecule has 1 unspecified atom stereocenters. The maximum absolute atomic E-state index is 13.6. The highest BCUT2D eigenvalue weighted by Crippen LogP contribution is 2.31. The predicted octanol–water partition coefficient (Wildman–Crippen LogP) is 4.22. The third-order valence-corrected chi connectivity index (χ3v) is 4.75. The number of imidazole rings is 1. The molecule has 0 bridgehead atoms. The van der Waals surface area contributed by atoms with E-state index in [2.05, 4.69) is 21.4 Å². The van der Waals surface area contributed by atoms with Crippen LogP contribution in [0.2, 0.25) is 5.02 Å². The van der Waals surface area contributed by atoms with Crippen molar-refractivity contribution < 1.29 is 4.39 Å². The van der Waals surface area contributed by atoms with Crippen LogP contribution in [0.4, 0.5) is 4.39 Å². The number of hydrogen-bond donors (Lipinski definition) is 0. The molecule has 0 radical (unpaired) electrons. The molecule has 6 heteroatoms. The van der Waals surface area contributed by atoms with Crippen molar-refractivity contribution in [1.82, 2.24) is 14.5 Å². The van der Waals surface area contributed by atoms with E-state index in [0.717, 1.165) is 43.8 Å². The number of aromatic nitrogens is 2. The first-order valence-electron chi connectivity index (χ1n) is 7.28. The number of likely N-dealkylation sites (N-methyl/N-ethyl adjacent to an activating group) is 1. The first-order valence-corrected chi connectivity index (χ1v) is 8.19. The van der Waals surface area contributed by atoms with Crippen LogP contribution < -0.4 is 0 Å². The van der Waals surface area contributed by atoms with Crippen LogP contribution >= 0.6 is 23.2 Å². The van der Waals surface area contributed by atoms with E-state index in [1.165, 1.54) is 6.07 Å². The molecule has 3 nitrogen and oxygen atoms in total. The number of likely N-dealkylation sites (tertiary alicyclic amines) is 1. The molecule has 0 N–H and O–H groups in total. The topological polar surface area (TPSA) is 21.1 Å². The minimum Gasteiger partial charge on any atom is -0.323 e. The Morgan fingerprint density at radius 3 is 2.95 bits per heavy atom. The molecule has 2 heterocycles. The smallest absolute Gasteiger partial charge is 0.144 e. The lowest BCUT2D eigenvalue weighted by atomic mass is 10.1. The molecule has 21 heavy (non-hydrogen) atoms. The van der Waals surface area contributed by atoms with Crippen molar-refractivity contribution in [3.63, 3.8) is 0 Å². The van der Waals surface area contributed by atoms with Crippen LogP contribution in [0.25, 0.3) is 11.0 Å². The van der Waals surface area contributed by atoms with Crippen molar-refractivity contribution in [3.05, 3.63) is 28.8 Å². The number of rotatable bonds is 3. The van der Waals surface area contributed by atoms with Gasteiger partial charge in [0.1, 0.15) is 11.6 Å². The maximum Gasteiger partial charge on any atom is 0.144 e. The van der Waals surface area contributed by atoms with Crippen molar-refractivity contribution >= 4 is 34.2 Å². The number of halogens is 3. The van der Waals surface area contributed by atoms with Crippen molar-refractivity contribution in [3.8, 4) is 0 Å². The van der Waals surface area contributed by atoms with Gasteiger partial charge in [0.05, 0.1) is 21.9 Å². The van der Waals surface area contributed by atoms with Gasteiger partial charge in [-0.3, -0.25) is 0 Å². The molecule has 1 atom stereocenters. The van der Waals surface area contributed by atoms with Gasteiger partial charge in [-0.25, -0.2) is 9.37 Å². The van der Waals surface area contributed by atoms with Crippen molar-refractivity contribution in [2.45, 2.75) is 31.7 Å². The molecule has 2 aromatic rings. The van der Waals surface area contributed by atoms with E-state index in [-0.39, 0.29) is 5.02 Å². The van der Waals surface area contributed by atoms with Crippen molar-refractivity contribution in [2.24, 2.45) is 0 Å². The zero-order valence-corrected chi connectivity index (χ0v) is 13.5. The number of nitrogens with zero attached hydrogens (tertiary/aromatic N) is 3. The van der Waals surface area contributed by atoms with Gasteiger partial charge in [-0.1, -0.05) is 18.5 Å². The van der Waals surface area contributed by atoms with E-state index >= 15 is 0 Å². The van der Waals surface area contributed by atoms with Gasteiger partial charge in [-0.2, -0.15) is 0 Å². The second-order valence-corrected chi connectivity index (χ2v) is 6.15. The molecule has 1 aromatic carbocycles. The Labute approximate surface area is 133 Å². The zero-order valence-electron chi connectivity index (χ0n) is 12.0. The van der Waals surface area contributed by atoms with Crippen LogP contribution in [-0.4, -0.2) is 34.1 Å². The highest BCUT2D eigenvalue weighted by atomic mass is 35.5. The summed E-state index contributed by atoms with van der Waals surface area (Å²) in [6.45, 7) is 5.31. The first kappa shape index (κ1) is 15.1. The Morgan fingerprint density at radius 2 is 2.24 bits per heavy atom. The summed E-state index contributed by atoms with van der Waals surface area (Å²) < 4.78 is 15.8. The van der Waals surface area contributed by atoms with E-state index in [1.54, 1.807) is 6.07 Å². The standard InChI is InChI=1S/C15H18Cl2FN3/c1-2-20-5-3-4-10(9-20)21-14-6-11(17)12(18)7-13(14)19-15(21)8-16/h6-7,10H,2-5,8-9H2,1H3. The summed E-state index contributed by atoms with van der Waals surface area (Å²) in [5, 5.41) is 0.132. The zero-order chi connectivity index (χ0) is 15.0. The maximum atomic E-state index is 13.6. The molecule has 1 fully saturated rings. The van der Waals surface area contributed by atoms with Crippen LogP contribution in [0, 0.1) is 5.82 Å². The Balaban J connectivity index is 2.09. The fraction of sp³-hybridized carbons (Fsp3) is 0.533. The fourth-order valence-electron chi connectivity index (χ4n) is 3.17. The van der Waals surface area contributed by atoms with E-state index < -0.39 is 5.82 Å². The van der Waals surface area contributed by atoms with Gasteiger partial charge in [-0.15, -0.1) is 11.6 Å². The third kappa shape index (κ3) is 2.77. The summed E-state index contributed by atoms with van der Waals surface area (Å²) in [5.74, 6) is 0.668. The average molecular weight is 330 g/mol. The summed E-state index contributed by atoms with van der Waals surface area (Å²) in [7, 11) is 0. The summed E-state index contributed by atoms with van der Waals surface area (Å²) >= 11 is 12.0. The second-order valence-electron chi connectivity index (χ2n) is 5.48. The highest BCUT2D eigenvalue weighted by molar-refractivity contribution is 6.31. The third-order valence-electron chi connectivity index (χ3n) is 4.22. The number of hydrogen-bond acceptors (Lipinski definition) is 2. The van der Waals surface area contributed by atoms with E-state index in [4.69, 9.17) is 23.2 Å². The lowest BCUT2D eigenvalue weighted by Gasteiger charge is -2.33. The molecule has 1 saturated heterocycles. The average Bonchev–Trinajstić information content (AvgIpc) is 2.85. The molecule has 3 rings (SSSR count). The lowest BCUT2D eigenvalue weighted by molar-refractivity contribution is 0.186. The van der Waals surface area contributed by atoms with Crippen molar-refractivity contribution in [2.75, 3.05) is 19.6 Å². The Morgan fingerprint density at radius 1 is 1.43 bits per heavy atom. The first-order chi connectivity index (χ1) is 10.1. The van der Waals surface area contributed by atoms with Crippen LogP contribution in [-0.2, 0) is 5.88 Å². The van der Waals surface area contributed by atoms with Crippen LogP contribution in [0.5, 0.6) is 0 Å². The normalized spacial score (nSPS) is 20.3. The SMILES string of the molecule is CCN1CCCC(n2c(CCl)nc3cc(F)c(Cl)cc32)C1. The minimum absolute atomic E-state index is 0.132. The highest BCUT2D eigenvalue weighted by Gasteiger charge is 2.24. The minimum atomic E-state index is -0.436. The van der Waals surface area contributed by atoms with Gasteiger partial charge in [0.15, 0.2) is 0 Å². The van der Waals surface area contributed by atoms with Gasteiger partial charge in [0.2, 0.25) is 0 Å². The molecule has 1 aliphatic rings. The molecular weight excluding hydrogens is 312 g/mol. The van der Waals surface area contributed by atoms with Gasteiger partial charge in [-0.05, 0) is 32.0 Å². The molecule has 0 saturated carbocycles. The lowest BCUT2D eigenvalue weighted by Crippen LogP contribution is -2.36. The van der Waals surface area contributed by atoms with Crippen LogP contribution in [0.15, 0.2) is 12.1 Å². The molecule has 114 valence electrons. The summed E-state index contributed by atoms with van der Waals surface area (Å²) in [5.41, 5.74) is 1.50. The number of alkyl halides is 1. The predicted molar refractivity (Wildman–Crippen MR) is 84.6 cm³/mol. The monoisotopic (exact) mass is 329 g/mol. The van der Waals surface area contributed by atoms with Gasteiger partial charge in [0, 0.05) is 18.7 Å². The van der Waals surface area contributed by atoms with Gasteiger partial charge in [0.25, 0.3) is 0 Å². The van der Waals surface area contributed by atoms with E-state index in [1.807, 2.05) is 0 Å². The quantitative estimate of drug-likeness (QED) is 0.786. The van der Waals surface area contributed by atoms with Crippen LogP contribution in [0.1, 0.15) is 31.6 Å². The van der Waals surface area contributed by atoms with Gasteiger partial charge >= 0.3 is 0 Å². The summed E-state index contributed by atoms with van der Waals surface area (Å²) in [4.78, 5) is 6.89. The Kier molecular flexibility index (Phi) is 4.38. The molecule has 0 spiro atoms. The fourth-order valence-corrected chi connectivity index (χ4v) is 3.52. The molecule has 0 aliphatic carbocycles. The molecule has 1 aliphatic heterocycles. The molecule has 1 aromatic heterocycles. The van der Waals surface area contributed by atoms with E-state index in [9.17, 15) is 4.39 Å². The van der Waals surface area contributed by atoms with Crippen LogP contribution in [0.3, 0.4) is 0 Å². The Hall–Kier alpha value is -0.840. The van der Waals surface area contributed by atoms with E-state index in [0.29, 0.717) is 17.4 Å². The largest absolute Gasteiger partial charge is 0.323 e. The summed E-state index contributed by atoms with van der Waals surface area (Å²) in [6.07, 6.45) is 2.23. The summed E-state index contributed by atoms with van der Waals surface area (Å²) in [6, 6.07) is 3.38. The molecule has 0 amide bonds.